The lowest BCUT2D eigenvalue weighted by Gasteiger charge is -2.32. The van der Waals surface area contributed by atoms with Crippen molar-refractivity contribution >= 4 is 5.91 Å². The van der Waals surface area contributed by atoms with Crippen LogP contribution in [0.3, 0.4) is 0 Å². The number of pyridine rings is 1. The minimum absolute atomic E-state index is 0.0451. The van der Waals surface area contributed by atoms with Gasteiger partial charge < -0.3 is 10.5 Å². The van der Waals surface area contributed by atoms with Crippen molar-refractivity contribution in [2.75, 3.05) is 19.7 Å². The van der Waals surface area contributed by atoms with Crippen molar-refractivity contribution in [3.8, 4) is 11.1 Å². The number of aromatic nitrogens is 3. The predicted molar refractivity (Wildman–Crippen MR) is 110 cm³/mol. The zero-order chi connectivity index (χ0) is 20.2. The molecule has 1 atom stereocenters. The molecule has 1 amide bonds. The largest absolute Gasteiger partial charge is 0.369 e. The highest BCUT2D eigenvalue weighted by atomic mass is 16.5. The Hall–Kier alpha value is -3.03. The van der Waals surface area contributed by atoms with E-state index >= 15 is 0 Å². The Morgan fingerprint density at radius 2 is 1.97 bits per heavy atom. The number of amides is 1. The minimum Gasteiger partial charge on any atom is -0.369 e. The maximum atomic E-state index is 11.2. The second-order valence-electron chi connectivity index (χ2n) is 7.21. The van der Waals surface area contributed by atoms with Gasteiger partial charge in [0.15, 0.2) is 0 Å². The molecule has 0 radical (unpaired) electrons. The molecule has 0 bridgehead atoms. The van der Waals surface area contributed by atoms with E-state index < -0.39 is 5.91 Å². The van der Waals surface area contributed by atoms with Crippen molar-refractivity contribution in [2.45, 2.75) is 26.1 Å². The second-order valence-corrected chi connectivity index (χ2v) is 7.21. The number of benzene rings is 1. The minimum atomic E-state index is -0.425. The van der Waals surface area contributed by atoms with Crippen molar-refractivity contribution in [1.82, 2.24) is 19.7 Å². The molecule has 1 aromatic carbocycles. The van der Waals surface area contributed by atoms with Crippen molar-refractivity contribution in [2.24, 2.45) is 5.73 Å². The summed E-state index contributed by atoms with van der Waals surface area (Å²) in [7, 11) is 0. The van der Waals surface area contributed by atoms with Gasteiger partial charge in [-0.2, -0.15) is 5.10 Å². The molecule has 0 saturated carbocycles. The third-order valence-corrected chi connectivity index (χ3v) is 5.19. The van der Waals surface area contributed by atoms with E-state index in [1.165, 1.54) is 5.56 Å². The summed E-state index contributed by atoms with van der Waals surface area (Å²) in [5.74, 6) is -0.425. The first kappa shape index (κ1) is 19.3. The van der Waals surface area contributed by atoms with Gasteiger partial charge in [0.1, 0.15) is 6.10 Å². The fraction of sp³-hybridized carbons (Fsp3) is 0.318. The lowest BCUT2D eigenvalue weighted by molar-refractivity contribution is -0.0349. The van der Waals surface area contributed by atoms with Gasteiger partial charge in [0.2, 0.25) is 5.91 Å². The number of nitrogens with two attached hydrogens (primary N) is 1. The summed E-state index contributed by atoms with van der Waals surface area (Å²) in [4.78, 5) is 18.2. The van der Waals surface area contributed by atoms with Gasteiger partial charge in [0.05, 0.1) is 18.5 Å². The Balaban J connectivity index is 1.42. The molecule has 1 aliphatic heterocycles. The number of ether oxygens (including phenoxy) is 1. The highest BCUT2D eigenvalue weighted by Crippen LogP contribution is 2.25. The third kappa shape index (κ3) is 4.52. The molecule has 2 N–H and O–H groups in total. The number of carbonyl (C=O) groups excluding carboxylic acids is 1. The Labute approximate surface area is 170 Å². The highest BCUT2D eigenvalue weighted by Gasteiger charge is 2.23. The number of rotatable bonds is 6. The normalized spacial score (nSPS) is 17.3. The zero-order valence-electron chi connectivity index (χ0n) is 16.5. The summed E-state index contributed by atoms with van der Waals surface area (Å²) in [5, 5.41) is 4.35. The van der Waals surface area contributed by atoms with Crippen molar-refractivity contribution in [3.05, 3.63) is 71.8 Å². The zero-order valence-corrected chi connectivity index (χ0v) is 16.5. The van der Waals surface area contributed by atoms with Crippen LogP contribution in [0.4, 0.5) is 0 Å². The Morgan fingerprint density at radius 3 is 2.62 bits per heavy atom. The van der Waals surface area contributed by atoms with Crippen LogP contribution >= 0.6 is 0 Å². The van der Waals surface area contributed by atoms with Crippen LogP contribution < -0.4 is 5.73 Å². The average molecular weight is 391 g/mol. The predicted octanol–water partition coefficient (Wildman–Crippen LogP) is 2.64. The van der Waals surface area contributed by atoms with Gasteiger partial charge in [-0.25, -0.2) is 0 Å². The van der Waals surface area contributed by atoms with E-state index in [9.17, 15) is 4.79 Å². The van der Waals surface area contributed by atoms with Gasteiger partial charge >= 0.3 is 0 Å². The molecule has 0 unspecified atom stereocenters. The standard InChI is InChI=1S/C22H25N5O2/c1-2-27-14-16(11-25-27)13-26-9-10-29-21(15-26)20-8-7-19(12-24-20)17-3-5-18(6-4-17)22(23)28/h3-8,11-12,14,21H,2,9-10,13,15H2,1H3,(H2,23,28)/t21-/m0/s1. The molecule has 7 heteroatoms. The molecular weight excluding hydrogens is 366 g/mol. The summed E-state index contributed by atoms with van der Waals surface area (Å²) in [6, 6.07) is 11.3. The van der Waals surface area contributed by atoms with E-state index in [1.54, 1.807) is 12.1 Å². The van der Waals surface area contributed by atoms with Gasteiger partial charge in [-0.15, -0.1) is 0 Å². The molecule has 7 nitrogen and oxygen atoms in total. The van der Waals surface area contributed by atoms with Crippen LogP contribution in [-0.2, 0) is 17.8 Å². The van der Waals surface area contributed by atoms with Crippen LogP contribution in [0.1, 0.15) is 34.6 Å². The van der Waals surface area contributed by atoms with Crippen LogP contribution in [0.5, 0.6) is 0 Å². The maximum Gasteiger partial charge on any atom is 0.248 e. The average Bonchev–Trinajstić information content (AvgIpc) is 3.22. The van der Waals surface area contributed by atoms with Crippen LogP contribution in [0.2, 0.25) is 0 Å². The van der Waals surface area contributed by atoms with Crippen LogP contribution in [0.25, 0.3) is 11.1 Å². The topological polar surface area (TPSA) is 86.3 Å². The lowest BCUT2D eigenvalue weighted by atomic mass is 10.0. The quantitative estimate of drug-likeness (QED) is 0.698. The SMILES string of the molecule is CCn1cc(CN2CCO[C@H](c3ccc(-c4ccc(C(N)=O)cc4)cn3)C2)cn1. The molecular formula is C22H25N5O2. The Kier molecular flexibility index (Phi) is 5.69. The van der Waals surface area contributed by atoms with Crippen molar-refractivity contribution in [3.63, 3.8) is 0 Å². The summed E-state index contributed by atoms with van der Waals surface area (Å²) >= 11 is 0. The summed E-state index contributed by atoms with van der Waals surface area (Å²) in [5.41, 5.74) is 9.93. The fourth-order valence-corrected chi connectivity index (χ4v) is 3.54. The third-order valence-electron chi connectivity index (χ3n) is 5.19. The lowest BCUT2D eigenvalue weighted by Crippen LogP contribution is -2.38. The number of nitrogens with zero attached hydrogens (tertiary/aromatic N) is 4. The number of hydrogen-bond acceptors (Lipinski definition) is 5. The highest BCUT2D eigenvalue weighted by molar-refractivity contribution is 5.93. The number of carbonyl (C=O) groups is 1. The maximum absolute atomic E-state index is 11.2. The number of primary amides is 1. The van der Waals surface area contributed by atoms with Gasteiger partial charge in [-0.3, -0.25) is 19.4 Å². The molecule has 0 spiro atoms. The van der Waals surface area contributed by atoms with E-state index in [1.807, 2.05) is 41.3 Å². The van der Waals surface area contributed by atoms with Gasteiger partial charge in [0.25, 0.3) is 0 Å². The molecule has 0 aliphatic carbocycles. The first-order valence-corrected chi connectivity index (χ1v) is 9.84. The number of morpholine rings is 1. The second kappa shape index (κ2) is 8.55. The molecule has 1 saturated heterocycles. The summed E-state index contributed by atoms with van der Waals surface area (Å²) in [6.45, 7) is 6.22. The van der Waals surface area contributed by atoms with E-state index in [-0.39, 0.29) is 6.10 Å². The van der Waals surface area contributed by atoms with Crippen molar-refractivity contribution in [1.29, 1.82) is 0 Å². The monoisotopic (exact) mass is 391 g/mol. The van der Waals surface area contributed by atoms with Gasteiger partial charge in [-0.05, 0) is 30.7 Å². The first-order valence-electron chi connectivity index (χ1n) is 9.84. The Bertz CT molecular complexity index is 966. The molecule has 3 heterocycles. The smallest absolute Gasteiger partial charge is 0.248 e. The van der Waals surface area contributed by atoms with Crippen LogP contribution in [0, 0.1) is 0 Å². The molecule has 1 aliphatic rings. The molecule has 29 heavy (non-hydrogen) atoms. The molecule has 2 aromatic heterocycles. The van der Waals surface area contributed by atoms with Gasteiger partial charge in [0, 0.05) is 55.3 Å². The number of aryl methyl sites for hydroxylation is 1. The van der Waals surface area contributed by atoms with E-state index in [0.29, 0.717) is 12.2 Å². The first-order chi connectivity index (χ1) is 14.1. The summed E-state index contributed by atoms with van der Waals surface area (Å²) in [6.07, 6.45) is 5.84. The van der Waals surface area contributed by atoms with Crippen molar-refractivity contribution < 1.29 is 9.53 Å². The fourth-order valence-electron chi connectivity index (χ4n) is 3.54. The van der Waals surface area contributed by atoms with E-state index in [2.05, 4.69) is 28.1 Å². The van der Waals surface area contributed by atoms with E-state index in [4.69, 9.17) is 10.5 Å². The van der Waals surface area contributed by atoms with Crippen LogP contribution in [0.15, 0.2) is 55.0 Å². The van der Waals surface area contributed by atoms with Gasteiger partial charge in [-0.1, -0.05) is 18.2 Å². The molecule has 150 valence electrons. The molecule has 4 rings (SSSR count). The molecule has 3 aromatic rings. The molecule has 1 fully saturated rings. The van der Waals surface area contributed by atoms with Crippen LogP contribution in [-0.4, -0.2) is 45.3 Å². The number of hydrogen-bond donors (Lipinski definition) is 1. The Morgan fingerprint density at radius 1 is 1.17 bits per heavy atom. The summed E-state index contributed by atoms with van der Waals surface area (Å²) < 4.78 is 7.92. The van der Waals surface area contributed by atoms with E-state index in [0.717, 1.165) is 43.0 Å².